The highest BCUT2D eigenvalue weighted by Crippen LogP contribution is 2.39. The molecule has 0 saturated heterocycles. The van der Waals surface area contributed by atoms with Crippen molar-refractivity contribution in [3.05, 3.63) is 52.5 Å². The van der Waals surface area contributed by atoms with Gasteiger partial charge in [0.05, 0.1) is 5.71 Å². The summed E-state index contributed by atoms with van der Waals surface area (Å²) in [5, 5.41) is 10.8. The maximum atomic E-state index is 12.9. The number of furan rings is 1. The number of nitrogens with one attached hydrogen (secondary N) is 1. The van der Waals surface area contributed by atoms with E-state index in [9.17, 15) is 9.59 Å². The van der Waals surface area contributed by atoms with Crippen molar-refractivity contribution in [3.63, 3.8) is 0 Å². The Bertz CT molecular complexity index is 1040. The SMILES string of the molecule is CC(=O)c1cccc(NC(=O)c2oc3c(c2C)/C(=N\N=C(N)N)CC(C)(C)C3)c1. The van der Waals surface area contributed by atoms with Crippen LogP contribution in [0.5, 0.6) is 0 Å². The third-order valence-electron chi connectivity index (χ3n) is 4.81. The van der Waals surface area contributed by atoms with Gasteiger partial charge in [0.2, 0.25) is 5.96 Å². The Morgan fingerprint density at radius 2 is 1.93 bits per heavy atom. The minimum atomic E-state index is -0.392. The van der Waals surface area contributed by atoms with Crippen molar-refractivity contribution in [1.82, 2.24) is 0 Å². The molecule has 8 heteroatoms. The highest BCUT2D eigenvalue weighted by Gasteiger charge is 2.36. The fourth-order valence-corrected chi connectivity index (χ4v) is 3.54. The van der Waals surface area contributed by atoms with Gasteiger partial charge < -0.3 is 21.2 Å². The molecule has 1 amide bonds. The molecule has 1 aromatic carbocycles. The molecule has 2 aromatic rings. The number of nitrogens with zero attached hydrogens (tertiary/aromatic N) is 2. The summed E-state index contributed by atoms with van der Waals surface area (Å²) in [7, 11) is 0. The Hall–Kier alpha value is -3.42. The van der Waals surface area contributed by atoms with Crippen LogP contribution in [0.3, 0.4) is 0 Å². The Balaban J connectivity index is 1.97. The number of nitrogens with two attached hydrogens (primary N) is 2. The van der Waals surface area contributed by atoms with E-state index in [4.69, 9.17) is 15.9 Å². The fraction of sp³-hybridized carbons (Fsp3) is 0.333. The first-order chi connectivity index (χ1) is 13.6. The molecule has 0 unspecified atom stereocenters. The van der Waals surface area contributed by atoms with Gasteiger partial charge in [0.1, 0.15) is 5.76 Å². The summed E-state index contributed by atoms with van der Waals surface area (Å²) < 4.78 is 5.95. The van der Waals surface area contributed by atoms with Crippen molar-refractivity contribution in [2.45, 2.75) is 40.5 Å². The van der Waals surface area contributed by atoms with Crippen molar-refractivity contribution in [2.24, 2.45) is 27.1 Å². The quantitative estimate of drug-likeness (QED) is 0.316. The number of ketones is 1. The fourth-order valence-electron chi connectivity index (χ4n) is 3.54. The average molecular weight is 395 g/mol. The van der Waals surface area contributed by atoms with Crippen LogP contribution in [-0.2, 0) is 6.42 Å². The van der Waals surface area contributed by atoms with Crippen LogP contribution in [0.25, 0.3) is 0 Å². The molecular formula is C21H25N5O3. The number of rotatable bonds is 4. The van der Waals surface area contributed by atoms with Crippen LogP contribution in [0.15, 0.2) is 38.9 Å². The Morgan fingerprint density at radius 1 is 1.21 bits per heavy atom. The molecule has 152 valence electrons. The Kier molecular flexibility index (Phi) is 5.28. The van der Waals surface area contributed by atoms with Gasteiger partial charge in [-0.25, -0.2) is 0 Å². The number of anilines is 1. The number of amides is 1. The van der Waals surface area contributed by atoms with Gasteiger partial charge in [-0.3, -0.25) is 9.59 Å². The summed E-state index contributed by atoms with van der Waals surface area (Å²) >= 11 is 0. The van der Waals surface area contributed by atoms with Crippen LogP contribution in [0.1, 0.15) is 65.0 Å². The zero-order chi connectivity index (χ0) is 21.3. The number of guanidine groups is 1. The van der Waals surface area contributed by atoms with Gasteiger partial charge in [-0.1, -0.05) is 26.0 Å². The predicted octanol–water partition coefficient (Wildman–Crippen LogP) is 2.99. The lowest BCUT2D eigenvalue weighted by molar-refractivity contribution is 0.0989. The normalized spacial score (nSPS) is 16.2. The van der Waals surface area contributed by atoms with E-state index in [1.165, 1.54) is 6.92 Å². The van der Waals surface area contributed by atoms with Crippen LogP contribution < -0.4 is 16.8 Å². The molecule has 1 aromatic heterocycles. The molecule has 0 fully saturated rings. The summed E-state index contributed by atoms with van der Waals surface area (Å²) in [6, 6.07) is 6.77. The zero-order valence-corrected chi connectivity index (χ0v) is 17.0. The maximum Gasteiger partial charge on any atom is 0.291 e. The van der Waals surface area contributed by atoms with E-state index < -0.39 is 5.91 Å². The van der Waals surface area contributed by atoms with Crippen LogP contribution in [-0.4, -0.2) is 23.4 Å². The largest absolute Gasteiger partial charge is 0.455 e. The van der Waals surface area contributed by atoms with E-state index >= 15 is 0 Å². The summed E-state index contributed by atoms with van der Waals surface area (Å²) in [6.45, 7) is 7.47. The van der Waals surface area contributed by atoms with Crippen molar-refractivity contribution in [2.75, 3.05) is 5.32 Å². The first-order valence-electron chi connectivity index (χ1n) is 9.28. The second-order valence-electron chi connectivity index (χ2n) is 8.03. The molecule has 29 heavy (non-hydrogen) atoms. The minimum absolute atomic E-state index is 0.0754. The molecular weight excluding hydrogens is 370 g/mol. The smallest absolute Gasteiger partial charge is 0.291 e. The molecule has 5 N–H and O–H groups in total. The van der Waals surface area contributed by atoms with Gasteiger partial charge in [-0.05, 0) is 37.8 Å². The van der Waals surface area contributed by atoms with Gasteiger partial charge in [0.15, 0.2) is 11.5 Å². The lowest BCUT2D eigenvalue weighted by atomic mass is 9.75. The van der Waals surface area contributed by atoms with E-state index in [2.05, 4.69) is 29.4 Å². The van der Waals surface area contributed by atoms with Gasteiger partial charge in [0.25, 0.3) is 5.91 Å². The molecule has 0 bridgehead atoms. The Morgan fingerprint density at radius 3 is 2.59 bits per heavy atom. The minimum Gasteiger partial charge on any atom is -0.455 e. The molecule has 1 heterocycles. The lowest BCUT2D eigenvalue weighted by Gasteiger charge is -2.29. The highest BCUT2D eigenvalue weighted by atomic mass is 16.4. The zero-order valence-electron chi connectivity index (χ0n) is 17.0. The number of carbonyl (C=O) groups is 2. The summed E-state index contributed by atoms with van der Waals surface area (Å²) in [5.41, 5.74) is 13.9. The van der Waals surface area contributed by atoms with E-state index in [1.54, 1.807) is 24.3 Å². The Labute approximate surface area is 169 Å². The summed E-state index contributed by atoms with van der Waals surface area (Å²) in [4.78, 5) is 24.4. The third-order valence-corrected chi connectivity index (χ3v) is 4.81. The van der Waals surface area contributed by atoms with Gasteiger partial charge in [-0.15, -0.1) is 5.10 Å². The van der Waals surface area contributed by atoms with E-state index in [1.807, 2.05) is 6.92 Å². The van der Waals surface area contributed by atoms with Crippen LogP contribution in [0.4, 0.5) is 5.69 Å². The number of hydrogen-bond donors (Lipinski definition) is 3. The van der Waals surface area contributed by atoms with E-state index in [0.717, 1.165) is 5.56 Å². The highest BCUT2D eigenvalue weighted by molar-refractivity contribution is 6.09. The second kappa shape index (κ2) is 7.54. The van der Waals surface area contributed by atoms with Crippen molar-refractivity contribution in [1.29, 1.82) is 0 Å². The number of hydrogen-bond acceptors (Lipinski definition) is 5. The van der Waals surface area contributed by atoms with Crippen LogP contribution in [0, 0.1) is 12.3 Å². The molecule has 0 atom stereocenters. The number of Topliss-reactive ketones (excluding diaryl/α,β-unsaturated/α-hetero) is 1. The van der Waals surface area contributed by atoms with Gasteiger partial charge in [-0.2, -0.15) is 5.10 Å². The number of carbonyl (C=O) groups excluding carboxylic acids is 2. The monoisotopic (exact) mass is 395 g/mol. The van der Waals surface area contributed by atoms with Crippen LogP contribution in [0.2, 0.25) is 0 Å². The second-order valence-corrected chi connectivity index (χ2v) is 8.03. The van der Waals surface area contributed by atoms with Crippen LogP contribution >= 0.6 is 0 Å². The molecule has 1 aliphatic carbocycles. The molecule has 8 nitrogen and oxygen atoms in total. The lowest BCUT2D eigenvalue weighted by Crippen LogP contribution is -2.27. The van der Waals surface area contributed by atoms with Gasteiger partial charge in [0, 0.05) is 28.8 Å². The molecule has 0 spiro atoms. The molecule has 0 radical (unpaired) electrons. The average Bonchev–Trinajstić information content (AvgIpc) is 2.95. The number of fused-ring (bicyclic) bond motifs is 1. The maximum absolute atomic E-state index is 12.9. The van der Waals surface area contributed by atoms with Crippen molar-refractivity contribution < 1.29 is 14.0 Å². The van der Waals surface area contributed by atoms with Gasteiger partial charge >= 0.3 is 0 Å². The first kappa shape index (κ1) is 20.3. The number of benzene rings is 1. The summed E-state index contributed by atoms with van der Waals surface area (Å²) in [5.74, 6) is 0.293. The van der Waals surface area contributed by atoms with E-state index in [-0.39, 0.29) is 22.9 Å². The molecule has 3 rings (SSSR count). The van der Waals surface area contributed by atoms with E-state index in [0.29, 0.717) is 41.1 Å². The summed E-state index contributed by atoms with van der Waals surface area (Å²) in [6.07, 6.45) is 1.32. The molecule has 1 aliphatic rings. The molecule has 0 aliphatic heterocycles. The molecule has 0 saturated carbocycles. The predicted molar refractivity (Wildman–Crippen MR) is 112 cm³/mol. The first-order valence-corrected chi connectivity index (χ1v) is 9.28. The van der Waals surface area contributed by atoms with Crippen molar-refractivity contribution >= 4 is 29.0 Å². The standard InChI is InChI=1S/C21H25N5O3/c1-11-17-15(25-26-20(22)23)9-21(3,4)10-16(17)29-18(11)19(28)24-14-7-5-6-13(8-14)12(2)27/h5-8H,9-10H2,1-4H3,(H,24,28)(H4,22,23,26)/b25-15-. The van der Waals surface area contributed by atoms with Crippen molar-refractivity contribution in [3.8, 4) is 0 Å². The third kappa shape index (κ3) is 4.37. The topological polar surface area (TPSA) is 136 Å².